The fourth-order valence-corrected chi connectivity index (χ4v) is 5.12. The van der Waals surface area contributed by atoms with Crippen LogP contribution < -0.4 is 10.1 Å². The third-order valence-corrected chi connectivity index (χ3v) is 7.15. The van der Waals surface area contributed by atoms with Gasteiger partial charge in [0.05, 0.1) is 5.39 Å². The molecule has 33 heavy (non-hydrogen) atoms. The van der Waals surface area contributed by atoms with Gasteiger partial charge in [0.25, 0.3) is 0 Å². The van der Waals surface area contributed by atoms with Crippen LogP contribution in [0.2, 0.25) is 0 Å². The van der Waals surface area contributed by atoms with E-state index in [9.17, 15) is 0 Å². The predicted molar refractivity (Wildman–Crippen MR) is 140 cm³/mol. The number of aromatic nitrogens is 2. The van der Waals surface area contributed by atoms with Gasteiger partial charge < -0.3 is 10.1 Å². The number of thiophene rings is 1. The largest absolute Gasteiger partial charge is 0.489 e. The number of nitrogens with zero attached hydrogens (tertiary/aromatic N) is 2. The summed E-state index contributed by atoms with van der Waals surface area (Å²) in [6.07, 6.45) is 2.57. The Labute approximate surface area is 205 Å². The Morgan fingerprint density at radius 1 is 0.909 bits per heavy atom. The van der Waals surface area contributed by atoms with Crippen LogP contribution in [0.3, 0.4) is 0 Å². The number of hydrogen-bond donors (Lipinski definition) is 1. The second-order valence-electron chi connectivity index (χ2n) is 7.59. The summed E-state index contributed by atoms with van der Waals surface area (Å²) in [5.41, 5.74) is 4.47. The summed E-state index contributed by atoms with van der Waals surface area (Å²) in [4.78, 5) is 11.5. The maximum absolute atomic E-state index is 5.92. The quantitative estimate of drug-likeness (QED) is 0.238. The van der Waals surface area contributed by atoms with Crippen LogP contribution in [0.25, 0.3) is 21.3 Å². The fraction of sp³-hybridized carbons (Fsp3) is 0.111. The van der Waals surface area contributed by atoms with Gasteiger partial charge in [0.2, 0.25) is 0 Å². The highest BCUT2D eigenvalue weighted by Crippen LogP contribution is 2.42. The van der Waals surface area contributed by atoms with E-state index < -0.39 is 0 Å². The third-order valence-electron chi connectivity index (χ3n) is 5.38. The molecule has 0 aliphatic carbocycles. The van der Waals surface area contributed by atoms with Crippen molar-refractivity contribution in [3.8, 4) is 16.9 Å². The van der Waals surface area contributed by atoms with E-state index in [-0.39, 0.29) is 0 Å². The number of anilines is 2. The molecule has 0 fully saturated rings. The molecule has 0 amide bonds. The molecule has 4 nitrogen and oxygen atoms in total. The molecule has 0 saturated heterocycles. The highest BCUT2D eigenvalue weighted by Gasteiger charge is 2.18. The van der Waals surface area contributed by atoms with E-state index in [2.05, 4.69) is 74.5 Å². The van der Waals surface area contributed by atoms with Crippen molar-refractivity contribution in [1.29, 1.82) is 0 Å². The monoisotopic (exact) mass is 515 g/mol. The molecular formula is C27H22BrN3OS. The number of aryl methyl sites for hydroxylation is 1. The molecule has 2 heterocycles. The van der Waals surface area contributed by atoms with E-state index in [0.717, 1.165) is 43.9 Å². The molecule has 3 aromatic carbocycles. The van der Waals surface area contributed by atoms with Crippen molar-refractivity contribution in [2.45, 2.75) is 20.0 Å². The lowest BCUT2D eigenvalue weighted by atomic mass is 10.0. The molecule has 1 N–H and O–H groups in total. The topological polar surface area (TPSA) is 47.0 Å². The normalized spacial score (nSPS) is 11.0. The molecule has 5 aromatic rings. The van der Waals surface area contributed by atoms with Gasteiger partial charge in [0, 0.05) is 20.6 Å². The number of benzene rings is 3. The Morgan fingerprint density at radius 2 is 1.67 bits per heavy atom. The van der Waals surface area contributed by atoms with Crippen molar-refractivity contribution >= 4 is 49.0 Å². The molecule has 0 spiro atoms. The van der Waals surface area contributed by atoms with Gasteiger partial charge in [-0.2, -0.15) is 0 Å². The van der Waals surface area contributed by atoms with E-state index in [4.69, 9.17) is 4.74 Å². The Morgan fingerprint density at radius 3 is 2.39 bits per heavy atom. The van der Waals surface area contributed by atoms with Gasteiger partial charge in [-0.15, -0.1) is 11.3 Å². The minimum atomic E-state index is 0.547. The molecule has 0 unspecified atom stereocenters. The van der Waals surface area contributed by atoms with E-state index in [1.54, 1.807) is 17.7 Å². The van der Waals surface area contributed by atoms with Gasteiger partial charge in [-0.05, 0) is 53.9 Å². The molecule has 0 atom stereocenters. The first-order valence-corrected chi connectivity index (χ1v) is 12.4. The number of hydrogen-bond acceptors (Lipinski definition) is 5. The molecule has 0 aliphatic rings. The lowest BCUT2D eigenvalue weighted by Crippen LogP contribution is -1.97. The molecular weight excluding hydrogens is 494 g/mol. The van der Waals surface area contributed by atoms with E-state index >= 15 is 0 Å². The summed E-state index contributed by atoms with van der Waals surface area (Å²) in [6.45, 7) is 2.73. The minimum absolute atomic E-state index is 0.547. The van der Waals surface area contributed by atoms with Crippen LogP contribution in [0.15, 0.2) is 89.7 Å². The first-order valence-electron chi connectivity index (χ1n) is 10.8. The summed E-state index contributed by atoms with van der Waals surface area (Å²) in [5.74, 6) is 1.64. The standard InChI is InChI=1S/C27H22BrN3OS/c1-2-23-24(19-8-10-20(28)11-9-19)25-26(29-17-30-27(25)33-23)31-21-12-14-22(15-13-21)32-16-18-6-4-3-5-7-18/h3-15,17H,2,16H2,1H3,(H,29,30,31). The van der Waals surface area contributed by atoms with Crippen LogP contribution in [-0.2, 0) is 13.0 Å². The molecule has 0 aliphatic heterocycles. The van der Waals surface area contributed by atoms with Crippen molar-refractivity contribution < 1.29 is 4.74 Å². The van der Waals surface area contributed by atoms with Gasteiger partial charge >= 0.3 is 0 Å². The molecule has 0 radical (unpaired) electrons. The van der Waals surface area contributed by atoms with Crippen LogP contribution in [0.5, 0.6) is 5.75 Å². The molecule has 0 bridgehead atoms. The summed E-state index contributed by atoms with van der Waals surface area (Å²) in [5, 5.41) is 4.56. The van der Waals surface area contributed by atoms with Gasteiger partial charge in [-0.1, -0.05) is 65.3 Å². The van der Waals surface area contributed by atoms with Crippen molar-refractivity contribution in [3.05, 3.63) is 100 Å². The van der Waals surface area contributed by atoms with Crippen molar-refractivity contribution in [2.24, 2.45) is 0 Å². The Balaban J connectivity index is 1.43. The maximum Gasteiger partial charge on any atom is 0.143 e. The van der Waals surface area contributed by atoms with Crippen LogP contribution in [0, 0.1) is 0 Å². The van der Waals surface area contributed by atoms with Crippen LogP contribution in [0.4, 0.5) is 11.5 Å². The first kappa shape index (κ1) is 21.6. The van der Waals surface area contributed by atoms with Crippen molar-refractivity contribution in [2.75, 3.05) is 5.32 Å². The van der Waals surface area contributed by atoms with Gasteiger partial charge in [-0.25, -0.2) is 9.97 Å². The third kappa shape index (κ3) is 4.77. The number of halogens is 1. The van der Waals surface area contributed by atoms with E-state index in [0.29, 0.717) is 6.61 Å². The average Bonchev–Trinajstić information content (AvgIpc) is 3.24. The van der Waals surface area contributed by atoms with Crippen molar-refractivity contribution in [3.63, 3.8) is 0 Å². The minimum Gasteiger partial charge on any atom is -0.489 e. The zero-order valence-corrected chi connectivity index (χ0v) is 20.5. The van der Waals surface area contributed by atoms with Crippen LogP contribution in [0.1, 0.15) is 17.4 Å². The Hall–Kier alpha value is -3.22. The molecule has 2 aromatic heterocycles. The molecule has 0 saturated carbocycles. The zero-order chi connectivity index (χ0) is 22.6. The molecule has 6 heteroatoms. The van der Waals surface area contributed by atoms with Gasteiger partial charge in [0.1, 0.15) is 29.3 Å². The molecule has 5 rings (SSSR count). The fourth-order valence-electron chi connectivity index (χ4n) is 3.76. The van der Waals surface area contributed by atoms with Crippen molar-refractivity contribution in [1.82, 2.24) is 9.97 Å². The number of fused-ring (bicyclic) bond motifs is 1. The second-order valence-corrected chi connectivity index (χ2v) is 9.59. The SMILES string of the molecule is CCc1sc2ncnc(Nc3ccc(OCc4ccccc4)cc3)c2c1-c1ccc(Br)cc1. The summed E-state index contributed by atoms with van der Waals surface area (Å²) in [6, 6.07) is 26.6. The number of rotatable bonds is 7. The summed E-state index contributed by atoms with van der Waals surface area (Å²) < 4.78 is 6.98. The second kappa shape index (κ2) is 9.73. The van der Waals surface area contributed by atoms with Gasteiger partial charge in [0.15, 0.2) is 0 Å². The lowest BCUT2D eigenvalue weighted by Gasteiger charge is -2.11. The number of ether oxygens (including phenoxy) is 1. The average molecular weight is 516 g/mol. The Kier molecular flexibility index (Phi) is 6.37. The predicted octanol–water partition coefficient (Wildman–Crippen LogP) is 8.01. The highest BCUT2D eigenvalue weighted by molar-refractivity contribution is 9.10. The smallest absolute Gasteiger partial charge is 0.143 e. The van der Waals surface area contributed by atoms with Crippen LogP contribution in [-0.4, -0.2) is 9.97 Å². The van der Waals surface area contributed by atoms with Crippen LogP contribution >= 0.6 is 27.3 Å². The maximum atomic E-state index is 5.92. The first-order chi connectivity index (χ1) is 16.2. The summed E-state index contributed by atoms with van der Waals surface area (Å²) >= 11 is 5.27. The summed E-state index contributed by atoms with van der Waals surface area (Å²) in [7, 11) is 0. The Bertz CT molecular complexity index is 1370. The van der Waals surface area contributed by atoms with E-state index in [1.165, 1.54) is 16.0 Å². The highest BCUT2D eigenvalue weighted by atomic mass is 79.9. The van der Waals surface area contributed by atoms with E-state index in [1.807, 2.05) is 42.5 Å². The zero-order valence-electron chi connectivity index (χ0n) is 18.1. The van der Waals surface area contributed by atoms with Gasteiger partial charge in [-0.3, -0.25) is 0 Å². The number of nitrogens with one attached hydrogen (secondary N) is 1. The molecule has 164 valence electrons. The lowest BCUT2D eigenvalue weighted by molar-refractivity contribution is 0.306.